The molecule has 1 aliphatic heterocycles. The minimum absolute atomic E-state index is 0.0355. The first-order valence-electron chi connectivity index (χ1n) is 24.2. The third-order valence-electron chi connectivity index (χ3n) is 13.6. The fourth-order valence-electron chi connectivity index (χ4n) is 10.6. The number of nitrogens with zero attached hydrogens (tertiary/aromatic N) is 3. The lowest BCUT2D eigenvalue weighted by Crippen LogP contribution is -2.70. The number of amides is 1. The second-order valence-electron chi connectivity index (χ2n) is 18.0. The number of aliphatic hydroxyl groups excluding tert-OH is 2. The predicted octanol–water partition coefficient (Wildman–Crippen LogP) is 11.2. The van der Waals surface area contributed by atoms with Crippen LogP contribution in [-0.4, -0.2) is 70.2 Å². The third kappa shape index (κ3) is 10.9. The average molecular weight is 920 g/mol. The van der Waals surface area contributed by atoms with Crippen LogP contribution in [0.1, 0.15) is 85.4 Å². The molecule has 0 spiro atoms. The molecule has 6 unspecified atom stereocenters. The van der Waals surface area contributed by atoms with E-state index in [-0.39, 0.29) is 70.4 Å². The number of fused-ring (bicyclic) bond motifs is 3. The number of rotatable bonds is 23. The summed E-state index contributed by atoms with van der Waals surface area (Å²) in [6, 6.07) is 35.4. The van der Waals surface area contributed by atoms with Gasteiger partial charge in [-0.1, -0.05) is 115 Å². The van der Waals surface area contributed by atoms with Crippen molar-refractivity contribution in [1.29, 1.82) is 0 Å². The molecule has 5 aromatic rings. The van der Waals surface area contributed by atoms with Crippen molar-refractivity contribution in [3.05, 3.63) is 174 Å². The van der Waals surface area contributed by atoms with Crippen molar-refractivity contribution in [3.8, 4) is 11.5 Å². The zero-order valence-electron chi connectivity index (χ0n) is 39.2. The maximum Gasteiger partial charge on any atom is 0.410 e. The van der Waals surface area contributed by atoms with Crippen LogP contribution in [0.2, 0.25) is 0 Å². The number of pyridine rings is 1. The van der Waals surface area contributed by atoms with Crippen LogP contribution < -0.4 is 9.47 Å². The molecule has 1 amide bonds. The van der Waals surface area contributed by atoms with E-state index in [9.17, 15) is 10.2 Å². The van der Waals surface area contributed by atoms with Crippen LogP contribution >= 0.6 is 0 Å². The average Bonchev–Trinajstić information content (AvgIpc) is 3.36. The van der Waals surface area contributed by atoms with E-state index in [2.05, 4.69) is 54.5 Å². The van der Waals surface area contributed by atoms with Crippen molar-refractivity contribution in [2.75, 3.05) is 26.4 Å². The Labute approximate surface area is 400 Å². The first-order chi connectivity index (χ1) is 33.4. The summed E-state index contributed by atoms with van der Waals surface area (Å²) < 4.78 is 27.4. The Morgan fingerprint density at radius 3 is 2.47 bits per heavy atom. The van der Waals surface area contributed by atoms with Crippen LogP contribution in [0.4, 0.5) is 4.79 Å². The van der Waals surface area contributed by atoms with Gasteiger partial charge in [-0.15, -0.1) is 13.2 Å². The van der Waals surface area contributed by atoms with Gasteiger partial charge in [-0.25, -0.2) is 4.79 Å². The number of aryl methyl sites for hydroxylation is 1. The van der Waals surface area contributed by atoms with E-state index in [4.69, 9.17) is 28.9 Å². The van der Waals surface area contributed by atoms with Gasteiger partial charge >= 0.3 is 6.09 Å². The molecular formula is C57H65N3O8. The normalized spacial score (nSPS) is 22.0. The van der Waals surface area contributed by atoms with E-state index in [0.717, 1.165) is 70.1 Å². The lowest BCUT2D eigenvalue weighted by atomic mass is 9.55. The van der Waals surface area contributed by atoms with Gasteiger partial charge in [-0.05, 0) is 109 Å². The van der Waals surface area contributed by atoms with Crippen molar-refractivity contribution in [1.82, 2.24) is 9.88 Å². The van der Waals surface area contributed by atoms with Crippen molar-refractivity contribution < 1.29 is 38.8 Å². The van der Waals surface area contributed by atoms with Crippen LogP contribution in [0, 0.1) is 24.7 Å². The van der Waals surface area contributed by atoms with Crippen molar-refractivity contribution in [2.45, 2.75) is 95.8 Å². The molecule has 11 heteroatoms. The number of allylic oxidation sites excluding steroid dienone is 1. The summed E-state index contributed by atoms with van der Waals surface area (Å²) in [5.41, 5.74) is 6.26. The SMILES string of the molecule is C=CCCOC(=O)N(Cc1cccc2ccccc12)C1CC(=NOCc2ccccc2)C2=CC(CCCCO)C(CCCCO)C3c4cc(OCc5cccc(C)n5)ccc4OC1(OCC=C)C23. The van der Waals surface area contributed by atoms with Gasteiger partial charge in [0.15, 0.2) is 0 Å². The fraction of sp³-hybridized carbons (Fsp3) is 0.386. The fourth-order valence-corrected chi connectivity index (χ4v) is 10.6. The molecule has 0 radical (unpaired) electrons. The highest BCUT2D eigenvalue weighted by molar-refractivity contribution is 6.03. The standard InChI is InChI=1S/C57H65N3O8/c1-4-6-33-64-56(63)60(37-44-24-17-23-42-21-10-11-26-47(42)44)53-36-51(59-67-38-41-19-8-7-9-20-41)49-34-43(22-12-14-30-61)48(27-13-15-31-62)54-50-35-46(65-39-45-25-16-18-40(3)58-45)28-29-52(50)68-57(53,55(49)54)66-32-5-2/h4-5,7-11,16-21,23-26,28-29,34-35,43,48,53-55,61-62H,1-2,6,12-15,22,27,30-33,36-39H2,3H3. The Kier molecular flexibility index (Phi) is 16.4. The van der Waals surface area contributed by atoms with Gasteiger partial charge < -0.3 is 34.0 Å². The minimum Gasteiger partial charge on any atom is -0.487 e. The van der Waals surface area contributed by atoms with Gasteiger partial charge in [-0.3, -0.25) is 9.88 Å². The summed E-state index contributed by atoms with van der Waals surface area (Å²) in [6.07, 6.45) is 10.6. The first-order valence-corrected chi connectivity index (χ1v) is 24.2. The number of unbranched alkanes of at least 4 members (excludes halogenated alkanes) is 2. The Morgan fingerprint density at radius 1 is 0.897 bits per heavy atom. The van der Waals surface area contributed by atoms with Gasteiger partial charge in [-0.2, -0.15) is 0 Å². The Hall–Kier alpha value is -6.27. The van der Waals surface area contributed by atoms with Gasteiger partial charge in [0.2, 0.25) is 5.79 Å². The Bertz CT molecular complexity index is 2560. The molecule has 11 nitrogen and oxygen atoms in total. The molecule has 2 aliphatic carbocycles. The first kappa shape index (κ1) is 48.2. The molecule has 1 saturated carbocycles. The summed E-state index contributed by atoms with van der Waals surface area (Å²) in [7, 11) is 0. The summed E-state index contributed by atoms with van der Waals surface area (Å²) in [6.45, 7) is 11.1. The molecule has 68 heavy (non-hydrogen) atoms. The molecule has 1 fully saturated rings. The lowest BCUT2D eigenvalue weighted by Gasteiger charge is -2.60. The molecule has 2 N–H and O–H groups in total. The van der Waals surface area contributed by atoms with Crippen LogP contribution in [0.3, 0.4) is 0 Å². The number of aliphatic hydroxyl groups is 2. The number of hydrogen-bond acceptors (Lipinski definition) is 10. The molecular weight excluding hydrogens is 855 g/mol. The molecule has 8 rings (SSSR count). The molecule has 3 aliphatic rings. The molecule has 4 aromatic carbocycles. The number of hydrogen-bond donors (Lipinski definition) is 2. The van der Waals surface area contributed by atoms with Crippen LogP contribution in [0.5, 0.6) is 11.5 Å². The van der Waals surface area contributed by atoms with E-state index < -0.39 is 23.8 Å². The highest BCUT2D eigenvalue weighted by atomic mass is 16.7. The highest BCUT2D eigenvalue weighted by Gasteiger charge is 2.65. The van der Waals surface area contributed by atoms with Gasteiger partial charge in [0, 0.05) is 36.8 Å². The quantitative estimate of drug-likeness (QED) is 0.0373. The molecule has 0 bridgehead atoms. The van der Waals surface area contributed by atoms with Gasteiger partial charge in [0.05, 0.1) is 37.1 Å². The largest absolute Gasteiger partial charge is 0.487 e. The van der Waals surface area contributed by atoms with Gasteiger partial charge in [0.25, 0.3) is 0 Å². The summed E-state index contributed by atoms with van der Waals surface area (Å²) in [5.74, 6) is -0.814. The van der Waals surface area contributed by atoms with E-state index in [1.165, 1.54) is 0 Å². The van der Waals surface area contributed by atoms with E-state index in [0.29, 0.717) is 36.5 Å². The molecule has 0 saturated heterocycles. The van der Waals surface area contributed by atoms with Crippen molar-refractivity contribution in [2.24, 2.45) is 22.9 Å². The number of benzene rings is 4. The second-order valence-corrected chi connectivity index (χ2v) is 18.0. The Morgan fingerprint density at radius 2 is 1.68 bits per heavy atom. The number of oxime groups is 1. The topological polar surface area (TPSA) is 132 Å². The second kappa shape index (κ2) is 23.2. The monoisotopic (exact) mass is 919 g/mol. The van der Waals surface area contributed by atoms with Crippen molar-refractivity contribution in [3.63, 3.8) is 0 Å². The molecule has 2 heterocycles. The minimum atomic E-state index is -1.47. The zero-order chi connectivity index (χ0) is 47.3. The number of carbonyl (C=O) groups excluding carboxylic acids is 1. The van der Waals surface area contributed by atoms with E-state index in [1.807, 2.05) is 85.8 Å². The molecule has 6 atom stereocenters. The maximum absolute atomic E-state index is 15.0. The Balaban J connectivity index is 1.34. The van der Waals surface area contributed by atoms with Crippen LogP contribution in [0.25, 0.3) is 10.8 Å². The smallest absolute Gasteiger partial charge is 0.410 e. The number of aromatic nitrogens is 1. The summed E-state index contributed by atoms with van der Waals surface area (Å²) in [5, 5.41) is 27.2. The highest BCUT2D eigenvalue weighted by Crippen LogP contribution is 2.62. The summed E-state index contributed by atoms with van der Waals surface area (Å²) in [4.78, 5) is 27.8. The lowest BCUT2D eigenvalue weighted by molar-refractivity contribution is -0.256. The third-order valence-corrected chi connectivity index (χ3v) is 13.6. The van der Waals surface area contributed by atoms with E-state index in [1.54, 1.807) is 17.1 Å². The zero-order valence-corrected chi connectivity index (χ0v) is 39.2. The predicted molar refractivity (Wildman–Crippen MR) is 265 cm³/mol. The van der Waals surface area contributed by atoms with Crippen LogP contribution in [-0.2, 0) is 34.1 Å². The molecule has 1 aromatic heterocycles. The van der Waals surface area contributed by atoms with Crippen LogP contribution in [0.15, 0.2) is 151 Å². The van der Waals surface area contributed by atoms with Crippen molar-refractivity contribution >= 4 is 22.6 Å². The number of ether oxygens (including phenoxy) is 4. The number of carbonyl (C=O) groups is 1. The summed E-state index contributed by atoms with van der Waals surface area (Å²) >= 11 is 0. The maximum atomic E-state index is 15.0. The molecule has 356 valence electrons. The van der Waals surface area contributed by atoms with E-state index >= 15 is 4.79 Å². The van der Waals surface area contributed by atoms with Gasteiger partial charge in [0.1, 0.15) is 30.8 Å².